The second-order valence-electron chi connectivity index (χ2n) is 5.68. The average molecular weight is 302 g/mol. The van der Waals surface area contributed by atoms with Crippen molar-refractivity contribution in [3.05, 3.63) is 48.6 Å². The van der Waals surface area contributed by atoms with Crippen molar-refractivity contribution in [2.45, 2.75) is 31.9 Å². The van der Waals surface area contributed by atoms with Gasteiger partial charge in [-0.15, -0.1) is 0 Å². The first-order valence-corrected chi connectivity index (χ1v) is 8.06. The lowest BCUT2D eigenvalue weighted by Crippen LogP contribution is -2.36. The SMILES string of the molecule is C=CC(=O)NCCCOC1CCN(Cc2ccccc2)CC1. The maximum Gasteiger partial charge on any atom is 0.243 e. The zero-order valence-corrected chi connectivity index (χ0v) is 13.2. The topological polar surface area (TPSA) is 41.6 Å². The fraction of sp³-hybridized carbons (Fsp3) is 0.500. The van der Waals surface area contributed by atoms with Gasteiger partial charge in [-0.2, -0.15) is 0 Å². The number of rotatable bonds is 8. The molecule has 1 heterocycles. The molecule has 1 N–H and O–H groups in total. The first-order chi connectivity index (χ1) is 10.8. The first-order valence-electron chi connectivity index (χ1n) is 8.06. The van der Waals surface area contributed by atoms with Crippen molar-refractivity contribution in [1.82, 2.24) is 10.2 Å². The van der Waals surface area contributed by atoms with Crippen molar-refractivity contribution in [2.75, 3.05) is 26.2 Å². The van der Waals surface area contributed by atoms with Crippen LogP contribution >= 0.6 is 0 Å². The third kappa shape index (κ3) is 6.00. The number of amides is 1. The van der Waals surface area contributed by atoms with Gasteiger partial charge in [-0.25, -0.2) is 0 Å². The molecule has 4 heteroatoms. The van der Waals surface area contributed by atoms with Crippen molar-refractivity contribution in [1.29, 1.82) is 0 Å². The summed E-state index contributed by atoms with van der Waals surface area (Å²) in [5.41, 5.74) is 1.37. The first kappa shape index (κ1) is 16.7. The van der Waals surface area contributed by atoms with Crippen molar-refractivity contribution >= 4 is 5.91 Å². The van der Waals surface area contributed by atoms with Gasteiger partial charge >= 0.3 is 0 Å². The third-order valence-electron chi connectivity index (χ3n) is 3.94. The van der Waals surface area contributed by atoms with E-state index in [-0.39, 0.29) is 5.91 Å². The van der Waals surface area contributed by atoms with Gasteiger partial charge in [-0.3, -0.25) is 9.69 Å². The van der Waals surface area contributed by atoms with Crippen LogP contribution in [0.25, 0.3) is 0 Å². The quantitative estimate of drug-likeness (QED) is 0.592. The van der Waals surface area contributed by atoms with Gasteiger partial charge in [0.15, 0.2) is 0 Å². The lowest BCUT2D eigenvalue weighted by atomic mass is 10.1. The van der Waals surface area contributed by atoms with Crippen LogP contribution in [0.15, 0.2) is 43.0 Å². The van der Waals surface area contributed by atoms with Crippen LogP contribution in [0.3, 0.4) is 0 Å². The molecule has 0 atom stereocenters. The maximum absolute atomic E-state index is 11.0. The van der Waals surface area contributed by atoms with E-state index in [9.17, 15) is 4.79 Å². The monoisotopic (exact) mass is 302 g/mol. The number of carbonyl (C=O) groups excluding carboxylic acids is 1. The Balaban J connectivity index is 1.55. The Bertz CT molecular complexity index is 453. The Morgan fingerprint density at radius 1 is 1.32 bits per heavy atom. The second-order valence-corrected chi connectivity index (χ2v) is 5.68. The molecule has 1 aromatic rings. The van der Waals surface area contributed by atoms with Crippen molar-refractivity contribution < 1.29 is 9.53 Å². The number of benzene rings is 1. The number of carbonyl (C=O) groups is 1. The molecule has 1 aliphatic rings. The Hall–Kier alpha value is -1.65. The largest absolute Gasteiger partial charge is 0.378 e. The summed E-state index contributed by atoms with van der Waals surface area (Å²) in [7, 11) is 0. The minimum absolute atomic E-state index is 0.116. The molecule has 1 aromatic carbocycles. The van der Waals surface area contributed by atoms with E-state index >= 15 is 0 Å². The second kappa shape index (κ2) is 9.38. The van der Waals surface area contributed by atoms with Crippen LogP contribution in [0.5, 0.6) is 0 Å². The Labute approximate surface area is 133 Å². The molecule has 1 amide bonds. The summed E-state index contributed by atoms with van der Waals surface area (Å²) in [6.07, 6.45) is 4.69. The number of nitrogens with zero attached hydrogens (tertiary/aromatic N) is 1. The van der Waals surface area contributed by atoms with Crippen LogP contribution in [0.2, 0.25) is 0 Å². The highest BCUT2D eigenvalue weighted by molar-refractivity contribution is 5.86. The Kier molecular flexibility index (Phi) is 7.13. The van der Waals surface area contributed by atoms with E-state index in [4.69, 9.17) is 4.74 Å². The van der Waals surface area contributed by atoms with Crippen LogP contribution in [0.4, 0.5) is 0 Å². The summed E-state index contributed by atoms with van der Waals surface area (Å²) in [6, 6.07) is 10.6. The summed E-state index contributed by atoms with van der Waals surface area (Å²) >= 11 is 0. The third-order valence-corrected chi connectivity index (χ3v) is 3.94. The molecule has 0 aliphatic carbocycles. The highest BCUT2D eigenvalue weighted by Gasteiger charge is 2.19. The van der Waals surface area contributed by atoms with Gasteiger partial charge in [0.25, 0.3) is 0 Å². The summed E-state index contributed by atoms with van der Waals surface area (Å²) in [6.45, 7) is 7.99. The van der Waals surface area contributed by atoms with E-state index in [2.05, 4.69) is 47.1 Å². The molecule has 1 aliphatic heterocycles. The smallest absolute Gasteiger partial charge is 0.243 e. The average Bonchev–Trinajstić information content (AvgIpc) is 2.57. The zero-order chi connectivity index (χ0) is 15.6. The lowest BCUT2D eigenvalue weighted by Gasteiger charge is -2.32. The minimum Gasteiger partial charge on any atom is -0.378 e. The molecule has 0 radical (unpaired) electrons. The van der Waals surface area contributed by atoms with Gasteiger partial charge < -0.3 is 10.1 Å². The van der Waals surface area contributed by atoms with Gasteiger partial charge in [0, 0.05) is 32.8 Å². The summed E-state index contributed by atoms with van der Waals surface area (Å²) in [4.78, 5) is 13.5. The van der Waals surface area contributed by atoms with E-state index in [0.29, 0.717) is 19.3 Å². The molecular formula is C18H26N2O2. The molecule has 0 spiro atoms. The predicted octanol–water partition coefficient (Wildman–Crippen LogP) is 2.36. The van der Waals surface area contributed by atoms with Crippen molar-refractivity contribution in [3.63, 3.8) is 0 Å². The highest BCUT2D eigenvalue weighted by atomic mass is 16.5. The molecule has 120 valence electrons. The number of hydrogen-bond acceptors (Lipinski definition) is 3. The standard InChI is InChI=1S/C18H26N2O2/c1-2-18(21)19-11-6-14-22-17-9-12-20(13-10-17)15-16-7-4-3-5-8-16/h2-5,7-8,17H,1,6,9-15H2,(H,19,21). The zero-order valence-electron chi connectivity index (χ0n) is 13.2. The Morgan fingerprint density at radius 2 is 2.05 bits per heavy atom. The molecule has 1 saturated heterocycles. The Morgan fingerprint density at radius 3 is 2.73 bits per heavy atom. The van der Waals surface area contributed by atoms with E-state index in [0.717, 1.165) is 38.9 Å². The van der Waals surface area contributed by atoms with Crippen LogP contribution in [-0.4, -0.2) is 43.2 Å². The molecule has 4 nitrogen and oxygen atoms in total. The number of piperidine rings is 1. The van der Waals surface area contributed by atoms with Gasteiger partial charge in [-0.05, 0) is 30.9 Å². The van der Waals surface area contributed by atoms with Crippen LogP contribution in [0.1, 0.15) is 24.8 Å². The molecule has 0 unspecified atom stereocenters. The molecule has 1 fully saturated rings. The lowest BCUT2D eigenvalue weighted by molar-refractivity contribution is -0.116. The van der Waals surface area contributed by atoms with E-state index in [1.807, 2.05) is 0 Å². The van der Waals surface area contributed by atoms with Crippen molar-refractivity contribution in [3.8, 4) is 0 Å². The number of nitrogens with one attached hydrogen (secondary N) is 1. The van der Waals surface area contributed by atoms with Gasteiger partial charge in [0.05, 0.1) is 6.10 Å². The maximum atomic E-state index is 11.0. The molecule has 22 heavy (non-hydrogen) atoms. The highest BCUT2D eigenvalue weighted by Crippen LogP contribution is 2.16. The fourth-order valence-electron chi connectivity index (χ4n) is 2.68. The van der Waals surface area contributed by atoms with Gasteiger partial charge in [0.1, 0.15) is 0 Å². The summed E-state index contributed by atoms with van der Waals surface area (Å²) in [5.74, 6) is -0.116. The van der Waals surface area contributed by atoms with E-state index in [1.54, 1.807) is 0 Å². The van der Waals surface area contributed by atoms with Crippen molar-refractivity contribution in [2.24, 2.45) is 0 Å². The normalized spacial score (nSPS) is 16.4. The van der Waals surface area contributed by atoms with Gasteiger partial charge in [0.2, 0.25) is 5.91 Å². The predicted molar refractivity (Wildman–Crippen MR) is 88.5 cm³/mol. The fourth-order valence-corrected chi connectivity index (χ4v) is 2.68. The molecule has 0 bridgehead atoms. The minimum atomic E-state index is -0.116. The number of ether oxygens (including phenoxy) is 1. The number of hydrogen-bond donors (Lipinski definition) is 1. The van der Waals surface area contributed by atoms with Crippen LogP contribution in [-0.2, 0) is 16.1 Å². The van der Waals surface area contributed by atoms with Crippen LogP contribution < -0.4 is 5.32 Å². The number of likely N-dealkylation sites (tertiary alicyclic amines) is 1. The van der Waals surface area contributed by atoms with Gasteiger partial charge in [-0.1, -0.05) is 36.9 Å². The molecular weight excluding hydrogens is 276 g/mol. The molecule has 0 saturated carbocycles. The summed E-state index contributed by atoms with van der Waals surface area (Å²) < 4.78 is 5.89. The van der Waals surface area contributed by atoms with E-state index in [1.165, 1.54) is 11.6 Å². The summed E-state index contributed by atoms with van der Waals surface area (Å²) in [5, 5.41) is 2.76. The molecule has 2 rings (SSSR count). The molecule has 0 aromatic heterocycles. The van der Waals surface area contributed by atoms with Crippen LogP contribution in [0, 0.1) is 0 Å². The van der Waals surface area contributed by atoms with E-state index < -0.39 is 0 Å².